The van der Waals surface area contributed by atoms with Crippen LogP contribution in [0.5, 0.6) is 11.5 Å². The Hall–Kier alpha value is -2.05. The van der Waals surface area contributed by atoms with Gasteiger partial charge in [0, 0.05) is 18.2 Å². The van der Waals surface area contributed by atoms with E-state index in [1.807, 2.05) is 0 Å². The van der Waals surface area contributed by atoms with Crippen LogP contribution >= 0.6 is 0 Å². The van der Waals surface area contributed by atoms with E-state index >= 15 is 0 Å². The molecule has 6 heteroatoms. The maximum absolute atomic E-state index is 12.2. The molecule has 0 aliphatic carbocycles. The lowest BCUT2D eigenvalue weighted by Crippen LogP contribution is -2.10. The summed E-state index contributed by atoms with van der Waals surface area (Å²) in [5.74, 6) is 1.62. The number of rotatable bonds is 6. The van der Waals surface area contributed by atoms with Gasteiger partial charge in [0.2, 0.25) is 0 Å². The molecule has 2 fully saturated rings. The van der Waals surface area contributed by atoms with Crippen molar-refractivity contribution in [3.63, 3.8) is 0 Å². The third kappa shape index (κ3) is 2.93. The Balaban J connectivity index is 1.71. The van der Waals surface area contributed by atoms with Gasteiger partial charge in [-0.25, -0.2) is 0 Å². The molecule has 1 aromatic carbocycles. The molecular weight excluding hydrogens is 288 g/mol. The van der Waals surface area contributed by atoms with Crippen LogP contribution in [0.1, 0.15) is 5.76 Å². The fourth-order valence-corrected chi connectivity index (χ4v) is 2.25. The lowest BCUT2D eigenvalue weighted by molar-refractivity contribution is 0.253. The highest BCUT2D eigenvalue weighted by atomic mass is 16.6. The Labute approximate surface area is 126 Å². The van der Waals surface area contributed by atoms with Gasteiger partial charge in [0.15, 0.2) is 5.43 Å². The number of benzene rings is 1. The molecule has 116 valence electrons. The molecule has 3 heterocycles. The summed E-state index contributed by atoms with van der Waals surface area (Å²) in [6.45, 7) is 4.06. The molecule has 0 amide bonds. The van der Waals surface area contributed by atoms with Gasteiger partial charge in [-0.3, -0.25) is 4.79 Å². The molecular formula is C16H16O6. The number of hydrogen-bond acceptors (Lipinski definition) is 6. The summed E-state index contributed by atoms with van der Waals surface area (Å²) in [4.78, 5) is 12.2. The van der Waals surface area contributed by atoms with Gasteiger partial charge in [0.1, 0.15) is 53.7 Å². The molecule has 2 saturated heterocycles. The van der Waals surface area contributed by atoms with Gasteiger partial charge in [-0.1, -0.05) is 0 Å². The molecule has 0 saturated carbocycles. The first-order valence-corrected chi connectivity index (χ1v) is 7.26. The number of aryl methyl sites for hydroxylation is 1. The van der Waals surface area contributed by atoms with Gasteiger partial charge in [-0.2, -0.15) is 0 Å². The predicted octanol–water partition coefficient (Wildman–Crippen LogP) is 1.66. The number of ether oxygens (including phenoxy) is 4. The molecule has 6 nitrogen and oxygen atoms in total. The molecule has 0 N–H and O–H groups in total. The highest BCUT2D eigenvalue weighted by molar-refractivity contribution is 5.85. The van der Waals surface area contributed by atoms with Crippen molar-refractivity contribution in [3.05, 3.63) is 34.2 Å². The SMILES string of the molecule is Cc1cc(=O)c2c(OC[C@@H]3CO3)cc(OC[C@H]3CO3)cc2o1. The van der Waals surface area contributed by atoms with Crippen LogP contribution in [0, 0.1) is 6.92 Å². The fraction of sp³-hybridized carbons (Fsp3) is 0.438. The zero-order chi connectivity index (χ0) is 15.1. The molecule has 22 heavy (non-hydrogen) atoms. The first kappa shape index (κ1) is 13.6. The number of epoxide rings is 2. The number of hydrogen-bond donors (Lipinski definition) is 0. The van der Waals surface area contributed by atoms with Crippen LogP contribution in [-0.2, 0) is 9.47 Å². The van der Waals surface area contributed by atoms with E-state index in [4.69, 9.17) is 23.4 Å². The molecule has 2 aliphatic rings. The quantitative estimate of drug-likeness (QED) is 0.756. The minimum atomic E-state index is -0.123. The molecule has 2 aliphatic heterocycles. The lowest BCUT2D eigenvalue weighted by atomic mass is 10.2. The smallest absolute Gasteiger partial charge is 0.196 e. The summed E-state index contributed by atoms with van der Waals surface area (Å²) in [6.07, 6.45) is 0.265. The molecule has 1 aromatic heterocycles. The predicted molar refractivity (Wildman–Crippen MR) is 77.7 cm³/mol. The maximum atomic E-state index is 12.2. The van der Waals surface area contributed by atoms with Gasteiger partial charge in [-0.05, 0) is 6.92 Å². The fourth-order valence-electron chi connectivity index (χ4n) is 2.25. The second kappa shape index (κ2) is 5.30. The first-order chi connectivity index (χ1) is 10.7. The lowest BCUT2D eigenvalue weighted by Gasteiger charge is -2.11. The second-order valence-corrected chi connectivity index (χ2v) is 5.55. The Morgan fingerprint density at radius 1 is 1.09 bits per heavy atom. The molecule has 2 atom stereocenters. The summed E-state index contributed by atoms with van der Waals surface area (Å²) in [7, 11) is 0. The van der Waals surface area contributed by atoms with Crippen LogP contribution in [0.25, 0.3) is 11.0 Å². The summed E-state index contributed by atoms with van der Waals surface area (Å²) >= 11 is 0. The summed E-state index contributed by atoms with van der Waals surface area (Å²) < 4.78 is 27.3. The largest absolute Gasteiger partial charge is 0.491 e. The summed E-state index contributed by atoms with van der Waals surface area (Å²) in [5, 5.41) is 0.432. The van der Waals surface area contributed by atoms with Crippen LogP contribution in [0.15, 0.2) is 27.4 Å². The van der Waals surface area contributed by atoms with Gasteiger partial charge >= 0.3 is 0 Å². The van der Waals surface area contributed by atoms with Crippen molar-refractivity contribution in [1.29, 1.82) is 0 Å². The molecule has 0 spiro atoms. The van der Waals surface area contributed by atoms with Crippen LogP contribution in [-0.4, -0.2) is 38.6 Å². The van der Waals surface area contributed by atoms with E-state index in [0.717, 1.165) is 6.61 Å². The van der Waals surface area contributed by atoms with E-state index in [9.17, 15) is 4.79 Å². The van der Waals surface area contributed by atoms with Crippen LogP contribution in [0.2, 0.25) is 0 Å². The van der Waals surface area contributed by atoms with E-state index < -0.39 is 0 Å². The Morgan fingerprint density at radius 3 is 2.45 bits per heavy atom. The molecule has 4 rings (SSSR count). The normalized spacial score (nSPS) is 22.6. The number of fused-ring (bicyclic) bond motifs is 1. The summed E-state index contributed by atoms with van der Waals surface area (Å²) in [6, 6.07) is 4.90. The Morgan fingerprint density at radius 2 is 1.77 bits per heavy atom. The van der Waals surface area contributed by atoms with Crippen molar-refractivity contribution >= 4 is 11.0 Å². The van der Waals surface area contributed by atoms with E-state index in [0.29, 0.717) is 48.0 Å². The highest BCUT2D eigenvalue weighted by Gasteiger charge is 2.25. The minimum Gasteiger partial charge on any atom is -0.491 e. The van der Waals surface area contributed by atoms with Crippen molar-refractivity contribution in [2.24, 2.45) is 0 Å². The molecule has 0 bridgehead atoms. The Bertz CT molecular complexity index is 757. The molecule has 0 radical (unpaired) electrons. The summed E-state index contributed by atoms with van der Waals surface area (Å²) in [5.41, 5.74) is 0.341. The second-order valence-electron chi connectivity index (χ2n) is 5.55. The van der Waals surface area contributed by atoms with Crippen molar-refractivity contribution in [2.45, 2.75) is 19.1 Å². The van der Waals surface area contributed by atoms with E-state index in [1.165, 1.54) is 6.07 Å². The van der Waals surface area contributed by atoms with Gasteiger partial charge < -0.3 is 23.4 Å². The van der Waals surface area contributed by atoms with Crippen LogP contribution in [0.4, 0.5) is 0 Å². The topological polar surface area (TPSA) is 73.7 Å². The van der Waals surface area contributed by atoms with Gasteiger partial charge in [0.05, 0.1) is 13.2 Å². The van der Waals surface area contributed by atoms with Crippen molar-refractivity contribution in [3.8, 4) is 11.5 Å². The minimum absolute atomic E-state index is 0.108. The molecule has 0 unspecified atom stereocenters. The van der Waals surface area contributed by atoms with Gasteiger partial charge in [0.25, 0.3) is 0 Å². The van der Waals surface area contributed by atoms with Crippen molar-refractivity contribution in [1.82, 2.24) is 0 Å². The van der Waals surface area contributed by atoms with E-state index in [2.05, 4.69) is 0 Å². The van der Waals surface area contributed by atoms with Crippen molar-refractivity contribution in [2.75, 3.05) is 26.4 Å². The van der Waals surface area contributed by atoms with E-state index in [1.54, 1.807) is 19.1 Å². The zero-order valence-corrected chi connectivity index (χ0v) is 12.2. The monoisotopic (exact) mass is 304 g/mol. The van der Waals surface area contributed by atoms with Crippen molar-refractivity contribution < 1.29 is 23.4 Å². The first-order valence-electron chi connectivity index (χ1n) is 7.26. The highest BCUT2D eigenvalue weighted by Crippen LogP contribution is 2.31. The van der Waals surface area contributed by atoms with E-state index in [-0.39, 0.29) is 17.6 Å². The standard InChI is InChI=1S/C16H16O6/c1-9-2-13(17)16-14(21-8-12-7-20-12)3-10(4-15(16)22-9)18-5-11-6-19-11/h2-4,11-12H,5-8H2,1H3/t11-,12-/m0/s1. The molecule has 2 aromatic rings. The third-order valence-corrected chi connectivity index (χ3v) is 3.56. The Kier molecular flexibility index (Phi) is 3.28. The van der Waals surface area contributed by atoms with Crippen LogP contribution in [0.3, 0.4) is 0 Å². The van der Waals surface area contributed by atoms with Crippen LogP contribution < -0.4 is 14.9 Å². The average Bonchev–Trinajstić information content (AvgIpc) is 3.36. The van der Waals surface area contributed by atoms with Gasteiger partial charge in [-0.15, -0.1) is 0 Å². The third-order valence-electron chi connectivity index (χ3n) is 3.56. The maximum Gasteiger partial charge on any atom is 0.196 e. The zero-order valence-electron chi connectivity index (χ0n) is 12.2. The average molecular weight is 304 g/mol.